The van der Waals surface area contributed by atoms with E-state index < -0.39 is 5.97 Å². The van der Waals surface area contributed by atoms with E-state index in [0.29, 0.717) is 0 Å². The van der Waals surface area contributed by atoms with Crippen LogP contribution < -0.4 is 5.32 Å². The average Bonchev–Trinajstić information content (AvgIpc) is 2.91. The summed E-state index contributed by atoms with van der Waals surface area (Å²) in [5, 5.41) is 3.02. The number of hydrogen-bond acceptors (Lipinski definition) is 6. The van der Waals surface area contributed by atoms with Crippen LogP contribution in [0.5, 0.6) is 0 Å². The van der Waals surface area contributed by atoms with Crippen molar-refractivity contribution in [1.29, 1.82) is 0 Å². The lowest BCUT2D eigenvalue weighted by Crippen LogP contribution is -2.35. The highest BCUT2D eigenvalue weighted by Gasteiger charge is 2.31. The summed E-state index contributed by atoms with van der Waals surface area (Å²) < 4.78 is 4.85. The van der Waals surface area contributed by atoms with Crippen molar-refractivity contribution in [2.24, 2.45) is 5.92 Å². The maximum absolute atomic E-state index is 11.5. The molecule has 0 aromatic rings. The Hall–Kier alpha value is -0.200. The second-order valence-electron chi connectivity index (χ2n) is 3.66. The normalized spacial score (nSPS) is 26.8. The first-order valence-corrected chi connectivity index (χ1v) is 7.49. The summed E-state index contributed by atoms with van der Waals surface area (Å²) in [5.41, 5.74) is 0. The van der Waals surface area contributed by atoms with Gasteiger partial charge in [-0.05, 0) is 19.4 Å². The standard InChI is InChI=1S/C9H13NO3S2/c11-8(6-4-14-15-5-6)13-9(12)7-2-1-3-10-7/h6-7,10H,1-5H2/t7-/m0/s1. The number of nitrogens with one attached hydrogen (secondary N) is 1. The Morgan fingerprint density at radius 3 is 2.53 bits per heavy atom. The second-order valence-corrected chi connectivity index (χ2v) is 6.21. The fourth-order valence-corrected chi connectivity index (χ4v) is 4.33. The molecule has 0 bridgehead atoms. The van der Waals surface area contributed by atoms with Crippen molar-refractivity contribution in [3.63, 3.8) is 0 Å². The van der Waals surface area contributed by atoms with E-state index in [1.54, 1.807) is 21.6 Å². The van der Waals surface area contributed by atoms with Crippen LogP contribution in [0.25, 0.3) is 0 Å². The van der Waals surface area contributed by atoms with E-state index in [1.165, 1.54) is 0 Å². The maximum Gasteiger partial charge on any atom is 0.330 e. The fourth-order valence-electron chi connectivity index (χ4n) is 1.58. The van der Waals surface area contributed by atoms with E-state index in [4.69, 9.17) is 4.74 Å². The SMILES string of the molecule is O=C(OC(=O)[C@@H]1CCCN1)C1CSSC1. The Bertz CT molecular complexity index is 234. The van der Waals surface area contributed by atoms with Gasteiger partial charge in [0.2, 0.25) is 0 Å². The molecule has 0 aliphatic carbocycles. The number of hydrogen-bond donors (Lipinski definition) is 1. The Balaban J connectivity index is 1.79. The van der Waals surface area contributed by atoms with Crippen LogP contribution in [0.2, 0.25) is 0 Å². The van der Waals surface area contributed by atoms with E-state index in [0.717, 1.165) is 30.9 Å². The number of ether oxygens (including phenoxy) is 1. The molecule has 2 fully saturated rings. The molecule has 0 unspecified atom stereocenters. The van der Waals surface area contributed by atoms with Crippen LogP contribution in [-0.2, 0) is 14.3 Å². The summed E-state index contributed by atoms with van der Waals surface area (Å²) in [7, 11) is 3.32. The van der Waals surface area contributed by atoms with Crippen LogP contribution in [-0.4, -0.2) is 36.0 Å². The zero-order valence-electron chi connectivity index (χ0n) is 8.23. The van der Waals surface area contributed by atoms with E-state index >= 15 is 0 Å². The molecule has 4 nitrogen and oxygen atoms in total. The van der Waals surface area contributed by atoms with Crippen molar-refractivity contribution >= 4 is 33.5 Å². The van der Waals surface area contributed by atoms with Crippen LogP contribution in [0.4, 0.5) is 0 Å². The number of carbonyl (C=O) groups excluding carboxylic acids is 2. The van der Waals surface area contributed by atoms with Gasteiger partial charge in [0, 0.05) is 11.5 Å². The summed E-state index contributed by atoms with van der Waals surface area (Å²) in [6.07, 6.45) is 1.75. The molecule has 0 radical (unpaired) electrons. The van der Waals surface area contributed by atoms with Crippen LogP contribution in [0.1, 0.15) is 12.8 Å². The largest absolute Gasteiger partial charge is 0.392 e. The molecule has 2 saturated heterocycles. The molecule has 1 N–H and O–H groups in total. The molecule has 0 spiro atoms. The predicted molar refractivity (Wildman–Crippen MR) is 60.5 cm³/mol. The molecule has 2 heterocycles. The second kappa shape index (κ2) is 5.23. The first-order valence-electron chi connectivity index (χ1n) is 5.00. The fraction of sp³-hybridized carbons (Fsp3) is 0.778. The van der Waals surface area contributed by atoms with Crippen LogP contribution in [0.3, 0.4) is 0 Å². The molecule has 1 atom stereocenters. The van der Waals surface area contributed by atoms with Gasteiger partial charge in [-0.3, -0.25) is 4.79 Å². The quantitative estimate of drug-likeness (QED) is 0.443. The highest BCUT2D eigenvalue weighted by atomic mass is 33.1. The zero-order chi connectivity index (χ0) is 10.7. The van der Waals surface area contributed by atoms with Gasteiger partial charge in [-0.1, -0.05) is 21.6 Å². The third-order valence-corrected chi connectivity index (χ3v) is 5.06. The summed E-state index contributed by atoms with van der Waals surface area (Å²) in [6.45, 7) is 0.836. The van der Waals surface area contributed by atoms with Crippen LogP contribution in [0, 0.1) is 5.92 Å². The van der Waals surface area contributed by atoms with Gasteiger partial charge in [0.15, 0.2) is 0 Å². The molecule has 2 aliphatic rings. The molecule has 15 heavy (non-hydrogen) atoms. The Morgan fingerprint density at radius 2 is 1.93 bits per heavy atom. The van der Waals surface area contributed by atoms with Gasteiger partial charge in [0.25, 0.3) is 0 Å². The highest BCUT2D eigenvalue weighted by molar-refractivity contribution is 8.77. The molecular formula is C9H13NO3S2. The van der Waals surface area contributed by atoms with Crippen LogP contribution in [0.15, 0.2) is 0 Å². The average molecular weight is 247 g/mol. The minimum absolute atomic E-state index is 0.106. The lowest BCUT2D eigenvalue weighted by atomic mass is 10.2. The minimum Gasteiger partial charge on any atom is -0.392 e. The summed E-state index contributed by atoms with van der Waals surface area (Å²) >= 11 is 0. The monoisotopic (exact) mass is 247 g/mol. The van der Waals surface area contributed by atoms with Crippen molar-refractivity contribution in [2.75, 3.05) is 18.1 Å². The molecule has 0 amide bonds. The van der Waals surface area contributed by atoms with Gasteiger partial charge < -0.3 is 10.1 Å². The predicted octanol–water partition coefficient (Wildman–Crippen LogP) is 0.819. The third kappa shape index (κ3) is 2.89. The lowest BCUT2D eigenvalue weighted by Gasteiger charge is -2.10. The lowest BCUT2D eigenvalue weighted by molar-refractivity contribution is -0.162. The summed E-state index contributed by atoms with van der Waals surface area (Å²) in [5.74, 6) is 0.653. The van der Waals surface area contributed by atoms with Gasteiger partial charge in [0.1, 0.15) is 6.04 Å². The van der Waals surface area contributed by atoms with Crippen molar-refractivity contribution in [3.05, 3.63) is 0 Å². The summed E-state index contributed by atoms with van der Waals surface area (Å²) in [4.78, 5) is 23.0. The van der Waals surface area contributed by atoms with Gasteiger partial charge in [-0.25, -0.2) is 4.79 Å². The molecule has 84 valence electrons. The molecule has 2 rings (SSSR count). The van der Waals surface area contributed by atoms with Crippen molar-refractivity contribution in [1.82, 2.24) is 5.32 Å². The third-order valence-electron chi connectivity index (χ3n) is 2.50. The molecule has 0 aromatic carbocycles. The number of rotatable bonds is 2. The van der Waals surface area contributed by atoms with Gasteiger partial charge in [-0.15, -0.1) is 0 Å². The number of carbonyl (C=O) groups is 2. The van der Waals surface area contributed by atoms with Gasteiger partial charge in [-0.2, -0.15) is 0 Å². The van der Waals surface area contributed by atoms with Crippen molar-refractivity contribution in [2.45, 2.75) is 18.9 Å². The first-order chi connectivity index (χ1) is 7.27. The Labute approximate surface area is 96.3 Å². The summed E-state index contributed by atoms with van der Waals surface area (Å²) in [6, 6.07) is -0.268. The number of esters is 2. The minimum atomic E-state index is -0.403. The maximum atomic E-state index is 11.5. The van der Waals surface area contributed by atoms with Gasteiger partial charge >= 0.3 is 11.9 Å². The van der Waals surface area contributed by atoms with E-state index in [1.807, 2.05) is 0 Å². The smallest absolute Gasteiger partial charge is 0.330 e. The van der Waals surface area contributed by atoms with E-state index in [2.05, 4.69) is 5.32 Å². The van der Waals surface area contributed by atoms with E-state index in [-0.39, 0.29) is 17.9 Å². The Kier molecular flexibility index (Phi) is 3.93. The molecule has 0 aromatic heterocycles. The van der Waals surface area contributed by atoms with Gasteiger partial charge in [0.05, 0.1) is 5.92 Å². The topological polar surface area (TPSA) is 55.4 Å². The zero-order valence-corrected chi connectivity index (χ0v) is 9.86. The van der Waals surface area contributed by atoms with Crippen molar-refractivity contribution < 1.29 is 14.3 Å². The highest BCUT2D eigenvalue weighted by Crippen LogP contribution is 2.35. The molecule has 2 aliphatic heterocycles. The molecule has 6 heteroatoms. The van der Waals surface area contributed by atoms with E-state index in [9.17, 15) is 9.59 Å². The van der Waals surface area contributed by atoms with Crippen molar-refractivity contribution in [3.8, 4) is 0 Å². The van der Waals surface area contributed by atoms with Crippen LogP contribution >= 0.6 is 21.6 Å². The first kappa shape index (κ1) is 11.3. The Morgan fingerprint density at radius 1 is 1.20 bits per heavy atom. The molecular weight excluding hydrogens is 234 g/mol. The molecule has 0 saturated carbocycles.